The Morgan fingerprint density at radius 2 is 1.95 bits per heavy atom. The minimum absolute atomic E-state index is 0.0559. The molecule has 1 heterocycles. The van der Waals surface area contributed by atoms with Gasteiger partial charge in [0.15, 0.2) is 0 Å². The Bertz CT molecular complexity index is 595. The van der Waals surface area contributed by atoms with Crippen LogP contribution in [0.3, 0.4) is 0 Å². The zero-order valence-electron chi connectivity index (χ0n) is 10.9. The molecule has 0 amide bonds. The van der Waals surface area contributed by atoms with E-state index in [0.29, 0.717) is 12.0 Å². The van der Waals surface area contributed by atoms with Crippen molar-refractivity contribution >= 4 is 0 Å². The van der Waals surface area contributed by atoms with E-state index in [0.717, 1.165) is 5.56 Å². The molecular formula is C16H15FN2O. The minimum atomic E-state index is -0.574. The standard InChI is InChI=1S/C16H15FN2O/c17-16-10-13(6-8-19-16)14(7-9-20)15(11-18)12-4-2-1-3-5-12/h1-6,8,10,14-15,20H,7,9H2/t14-,15+/m0/s1. The molecule has 1 N–H and O–H groups in total. The fourth-order valence-corrected chi connectivity index (χ4v) is 2.37. The van der Waals surface area contributed by atoms with Gasteiger partial charge in [-0.3, -0.25) is 0 Å². The van der Waals surface area contributed by atoms with Crippen LogP contribution in [0, 0.1) is 17.3 Å². The van der Waals surface area contributed by atoms with Gasteiger partial charge < -0.3 is 5.11 Å². The van der Waals surface area contributed by atoms with Gasteiger partial charge in [0, 0.05) is 18.7 Å². The van der Waals surface area contributed by atoms with Crippen LogP contribution in [0.2, 0.25) is 0 Å². The zero-order chi connectivity index (χ0) is 14.4. The summed E-state index contributed by atoms with van der Waals surface area (Å²) in [6, 6.07) is 14.6. The predicted molar refractivity (Wildman–Crippen MR) is 73.4 cm³/mol. The maximum atomic E-state index is 13.3. The summed E-state index contributed by atoms with van der Waals surface area (Å²) in [6.07, 6.45) is 1.78. The van der Waals surface area contributed by atoms with Gasteiger partial charge in [-0.1, -0.05) is 30.3 Å². The van der Waals surface area contributed by atoms with Crippen LogP contribution in [0.1, 0.15) is 29.4 Å². The van der Waals surface area contributed by atoms with E-state index in [1.165, 1.54) is 12.3 Å². The molecule has 0 saturated carbocycles. The van der Waals surface area contributed by atoms with Crippen LogP contribution >= 0.6 is 0 Å². The normalized spacial score (nSPS) is 13.4. The molecular weight excluding hydrogens is 255 g/mol. The molecule has 3 nitrogen and oxygen atoms in total. The number of rotatable bonds is 5. The second kappa shape index (κ2) is 6.78. The van der Waals surface area contributed by atoms with Crippen molar-refractivity contribution in [1.29, 1.82) is 5.26 Å². The molecule has 4 heteroatoms. The SMILES string of the molecule is N#C[C@H](c1ccccc1)[C@@H](CCO)c1ccnc(F)c1. The number of nitriles is 1. The van der Waals surface area contributed by atoms with E-state index >= 15 is 0 Å². The third-order valence-electron chi connectivity index (χ3n) is 3.32. The lowest BCUT2D eigenvalue weighted by Crippen LogP contribution is -2.12. The summed E-state index contributed by atoms with van der Waals surface area (Å²) in [6.45, 7) is -0.0559. The molecule has 0 bridgehead atoms. The van der Waals surface area contributed by atoms with Gasteiger partial charge in [0.05, 0.1) is 12.0 Å². The molecule has 0 saturated heterocycles. The topological polar surface area (TPSA) is 56.9 Å². The first-order chi connectivity index (χ1) is 9.76. The van der Waals surface area contributed by atoms with E-state index < -0.39 is 11.9 Å². The van der Waals surface area contributed by atoms with Crippen LogP contribution in [0.4, 0.5) is 4.39 Å². The highest BCUT2D eigenvalue weighted by Gasteiger charge is 2.24. The summed E-state index contributed by atoms with van der Waals surface area (Å²) >= 11 is 0. The fraction of sp³-hybridized carbons (Fsp3) is 0.250. The van der Waals surface area contributed by atoms with Crippen LogP contribution < -0.4 is 0 Å². The molecule has 102 valence electrons. The first-order valence-electron chi connectivity index (χ1n) is 6.43. The second-order valence-corrected chi connectivity index (χ2v) is 4.55. The van der Waals surface area contributed by atoms with Crippen molar-refractivity contribution in [3.8, 4) is 6.07 Å². The van der Waals surface area contributed by atoms with Crippen LogP contribution in [0.5, 0.6) is 0 Å². The highest BCUT2D eigenvalue weighted by atomic mass is 19.1. The van der Waals surface area contributed by atoms with E-state index in [4.69, 9.17) is 0 Å². The van der Waals surface area contributed by atoms with Gasteiger partial charge in [-0.25, -0.2) is 4.98 Å². The highest BCUT2D eigenvalue weighted by molar-refractivity contribution is 5.32. The molecule has 0 spiro atoms. The first kappa shape index (κ1) is 14.2. The van der Waals surface area contributed by atoms with Gasteiger partial charge in [0.25, 0.3) is 0 Å². The lowest BCUT2D eigenvalue weighted by atomic mass is 9.81. The average molecular weight is 270 g/mol. The third-order valence-corrected chi connectivity index (χ3v) is 3.32. The number of aliphatic hydroxyl groups excluding tert-OH is 1. The monoisotopic (exact) mass is 270 g/mol. The molecule has 1 aromatic heterocycles. The summed E-state index contributed by atoms with van der Waals surface area (Å²) in [5.41, 5.74) is 1.55. The van der Waals surface area contributed by atoms with Crippen molar-refractivity contribution in [2.75, 3.05) is 6.61 Å². The Hall–Kier alpha value is -2.25. The van der Waals surface area contributed by atoms with E-state index in [1.807, 2.05) is 30.3 Å². The molecule has 0 radical (unpaired) electrons. The van der Waals surface area contributed by atoms with Gasteiger partial charge in [-0.15, -0.1) is 0 Å². The number of aromatic nitrogens is 1. The Labute approximate surface area is 117 Å². The third kappa shape index (κ3) is 3.19. The summed E-state index contributed by atoms with van der Waals surface area (Å²) < 4.78 is 13.3. The largest absolute Gasteiger partial charge is 0.396 e. The predicted octanol–water partition coefficient (Wildman–Crippen LogP) is 2.99. The molecule has 0 aliphatic carbocycles. The first-order valence-corrected chi connectivity index (χ1v) is 6.43. The van der Waals surface area contributed by atoms with Gasteiger partial charge >= 0.3 is 0 Å². The van der Waals surface area contributed by atoms with Crippen molar-refractivity contribution in [1.82, 2.24) is 4.98 Å². The molecule has 2 aromatic rings. The summed E-state index contributed by atoms with van der Waals surface area (Å²) in [5.74, 6) is -1.26. The van der Waals surface area contributed by atoms with Crippen molar-refractivity contribution in [3.05, 3.63) is 65.7 Å². The van der Waals surface area contributed by atoms with Gasteiger partial charge in [-0.05, 0) is 29.7 Å². The summed E-state index contributed by atoms with van der Waals surface area (Å²) in [5, 5.41) is 18.7. The number of benzene rings is 1. The Balaban J connectivity index is 2.39. The number of aliphatic hydroxyl groups is 1. The smallest absolute Gasteiger partial charge is 0.213 e. The highest BCUT2D eigenvalue weighted by Crippen LogP contribution is 2.35. The molecule has 20 heavy (non-hydrogen) atoms. The van der Waals surface area contributed by atoms with E-state index in [9.17, 15) is 14.8 Å². The van der Waals surface area contributed by atoms with Gasteiger partial charge in [0.2, 0.25) is 5.95 Å². The molecule has 1 aromatic carbocycles. The number of nitrogens with zero attached hydrogens (tertiary/aromatic N) is 2. The Morgan fingerprint density at radius 3 is 2.55 bits per heavy atom. The lowest BCUT2D eigenvalue weighted by Gasteiger charge is -2.22. The Kier molecular flexibility index (Phi) is 4.80. The van der Waals surface area contributed by atoms with Crippen LogP contribution in [0.15, 0.2) is 48.7 Å². The number of hydrogen-bond acceptors (Lipinski definition) is 3. The van der Waals surface area contributed by atoms with Crippen molar-refractivity contribution in [2.24, 2.45) is 0 Å². The molecule has 0 aliphatic heterocycles. The lowest BCUT2D eigenvalue weighted by molar-refractivity contribution is 0.272. The van der Waals surface area contributed by atoms with Gasteiger partial charge in [0.1, 0.15) is 0 Å². The summed E-state index contributed by atoms with van der Waals surface area (Å²) in [4.78, 5) is 3.53. The van der Waals surface area contributed by atoms with Crippen molar-refractivity contribution < 1.29 is 9.50 Å². The van der Waals surface area contributed by atoms with Crippen LogP contribution in [0.25, 0.3) is 0 Å². The van der Waals surface area contributed by atoms with Crippen LogP contribution in [-0.4, -0.2) is 16.7 Å². The molecule has 2 atom stereocenters. The second-order valence-electron chi connectivity index (χ2n) is 4.55. The Morgan fingerprint density at radius 1 is 1.20 bits per heavy atom. The molecule has 2 rings (SSSR count). The van der Waals surface area contributed by atoms with Gasteiger partial charge in [-0.2, -0.15) is 9.65 Å². The summed E-state index contributed by atoms with van der Waals surface area (Å²) in [7, 11) is 0. The van der Waals surface area contributed by atoms with E-state index in [1.54, 1.807) is 6.07 Å². The molecule has 0 unspecified atom stereocenters. The van der Waals surface area contributed by atoms with Crippen molar-refractivity contribution in [2.45, 2.75) is 18.3 Å². The minimum Gasteiger partial charge on any atom is -0.396 e. The number of hydrogen-bond donors (Lipinski definition) is 1. The van der Waals surface area contributed by atoms with Crippen LogP contribution in [-0.2, 0) is 0 Å². The van der Waals surface area contributed by atoms with E-state index in [2.05, 4.69) is 11.1 Å². The fourth-order valence-electron chi connectivity index (χ4n) is 2.37. The van der Waals surface area contributed by atoms with Crippen molar-refractivity contribution in [3.63, 3.8) is 0 Å². The molecule has 0 aliphatic rings. The number of halogens is 1. The average Bonchev–Trinajstić information content (AvgIpc) is 2.48. The zero-order valence-corrected chi connectivity index (χ0v) is 10.9. The van der Waals surface area contributed by atoms with E-state index in [-0.39, 0.29) is 12.5 Å². The quantitative estimate of drug-likeness (QED) is 0.850. The molecule has 0 fully saturated rings. The maximum absolute atomic E-state index is 13.3. The number of pyridine rings is 1. The maximum Gasteiger partial charge on any atom is 0.213 e.